The molecule has 1 saturated heterocycles. The lowest BCUT2D eigenvalue weighted by Gasteiger charge is -2.25. The van der Waals surface area contributed by atoms with Gasteiger partial charge in [0, 0.05) is 43.6 Å². The second-order valence-corrected chi connectivity index (χ2v) is 7.17. The first-order valence-electron chi connectivity index (χ1n) is 8.33. The van der Waals surface area contributed by atoms with Gasteiger partial charge in [0.15, 0.2) is 5.82 Å². The molecule has 1 atom stereocenters. The molecule has 0 unspecified atom stereocenters. The van der Waals surface area contributed by atoms with E-state index in [1.54, 1.807) is 6.20 Å². The van der Waals surface area contributed by atoms with Gasteiger partial charge in [-0.25, -0.2) is 0 Å². The van der Waals surface area contributed by atoms with Crippen molar-refractivity contribution in [2.24, 2.45) is 0 Å². The van der Waals surface area contributed by atoms with Crippen molar-refractivity contribution < 1.29 is 0 Å². The highest BCUT2D eigenvalue weighted by atomic mass is 15.3. The molecule has 6 heteroatoms. The van der Waals surface area contributed by atoms with Gasteiger partial charge in [-0.15, -0.1) is 5.10 Å². The molecule has 3 heterocycles. The van der Waals surface area contributed by atoms with E-state index < -0.39 is 0 Å². The quantitative estimate of drug-likeness (QED) is 0.917. The van der Waals surface area contributed by atoms with E-state index in [-0.39, 0.29) is 5.54 Å². The van der Waals surface area contributed by atoms with Crippen molar-refractivity contribution in [1.82, 2.24) is 25.3 Å². The molecule has 1 aliphatic rings. The van der Waals surface area contributed by atoms with Crippen molar-refractivity contribution in [2.45, 2.75) is 51.7 Å². The summed E-state index contributed by atoms with van der Waals surface area (Å²) in [5.74, 6) is 0.984. The van der Waals surface area contributed by atoms with Crippen LogP contribution in [0.3, 0.4) is 0 Å². The first kappa shape index (κ1) is 15.9. The predicted octanol–water partition coefficient (Wildman–Crippen LogP) is 2.19. The van der Waals surface area contributed by atoms with E-state index in [0.29, 0.717) is 6.04 Å². The number of nitrogens with zero attached hydrogens (tertiary/aromatic N) is 5. The monoisotopic (exact) mass is 314 g/mol. The van der Waals surface area contributed by atoms with E-state index in [1.807, 2.05) is 23.0 Å². The van der Waals surface area contributed by atoms with Crippen LogP contribution in [-0.4, -0.2) is 39.1 Å². The molecule has 2 aromatic rings. The largest absolute Gasteiger partial charge is 0.351 e. The van der Waals surface area contributed by atoms with Crippen LogP contribution in [-0.2, 0) is 12.1 Å². The molecule has 6 nitrogen and oxygen atoms in total. The highest BCUT2D eigenvalue weighted by molar-refractivity contribution is 5.39. The fraction of sp³-hybridized carbons (Fsp3) is 0.588. The molecule has 3 rings (SSSR count). The zero-order valence-corrected chi connectivity index (χ0v) is 14.2. The molecule has 0 aliphatic carbocycles. The van der Waals surface area contributed by atoms with E-state index in [9.17, 15) is 0 Å². The van der Waals surface area contributed by atoms with Crippen LogP contribution in [0.15, 0.2) is 30.7 Å². The van der Waals surface area contributed by atoms with Crippen LogP contribution >= 0.6 is 0 Å². The average molecular weight is 314 g/mol. The minimum absolute atomic E-state index is 0.0342. The standard InChI is InChI=1S/C17H26N6/c1-17(2,3)23-13-14(11-20-23)10-18-12-15-6-5-9-22(15)16-7-4-8-19-21-16/h4,7-8,11,13,15,18H,5-6,9-10,12H2,1-3H3/t15-/m1/s1. The minimum Gasteiger partial charge on any atom is -0.351 e. The van der Waals surface area contributed by atoms with Gasteiger partial charge in [0.2, 0.25) is 0 Å². The summed E-state index contributed by atoms with van der Waals surface area (Å²) in [4.78, 5) is 2.36. The number of hydrogen-bond donors (Lipinski definition) is 1. The molecule has 0 radical (unpaired) electrons. The zero-order valence-electron chi connectivity index (χ0n) is 14.2. The summed E-state index contributed by atoms with van der Waals surface area (Å²) in [5, 5.41) is 16.2. The number of aromatic nitrogens is 4. The van der Waals surface area contributed by atoms with Crippen molar-refractivity contribution in [1.29, 1.82) is 0 Å². The summed E-state index contributed by atoms with van der Waals surface area (Å²) in [6, 6.07) is 4.48. The molecule has 0 saturated carbocycles. The van der Waals surface area contributed by atoms with E-state index in [0.717, 1.165) is 25.5 Å². The number of anilines is 1. The summed E-state index contributed by atoms with van der Waals surface area (Å²) in [6.45, 7) is 9.35. The van der Waals surface area contributed by atoms with Gasteiger partial charge in [0.1, 0.15) is 0 Å². The molecular weight excluding hydrogens is 288 g/mol. The predicted molar refractivity (Wildman–Crippen MR) is 91.3 cm³/mol. The fourth-order valence-corrected chi connectivity index (χ4v) is 3.00. The summed E-state index contributed by atoms with van der Waals surface area (Å²) >= 11 is 0. The van der Waals surface area contributed by atoms with Crippen molar-refractivity contribution in [3.05, 3.63) is 36.3 Å². The number of nitrogens with one attached hydrogen (secondary N) is 1. The molecule has 1 N–H and O–H groups in total. The first-order valence-corrected chi connectivity index (χ1v) is 8.33. The maximum absolute atomic E-state index is 4.45. The number of hydrogen-bond acceptors (Lipinski definition) is 5. The van der Waals surface area contributed by atoms with Crippen LogP contribution in [0.1, 0.15) is 39.2 Å². The van der Waals surface area contributed by atoms with Gasteiger partial charge in [-0.3, -0.25) is 4.68 Å². The Morgan fingerprint density at radius 2 is 2.22 bits per heavy atom. The van der Waals surface area contributed by atoms with Crippen LogP contribution < -0.4 is 10.2 Å². The molecule has 0 aromatic carbocycles. The average Bonchev–Trinajstić information content (AvgIpc) is 3.17. The van der Waals surface area contributed by atoms with Gasteiger partial charge in [-0.2, -0.15) is 10.2 Å². The molecular formula is C17H26N6. The Kier molecular flexibility index (Phi) is 4.61. The van der Waals surface area contributed by atoms with Gasteiger partial charge >= 0.3 is 0 Å². The van der Waals surface area contributed by atoms with Gasteiger partial charge < -0.3 is 10.2 Å². The highest BCUT2D eigenvalue weighted by Crippen LogP contribution is 2.22. The molecule has 1 aliphatic heterocycles. The molecule has 124 valence electrons. The van der Waals surface area contributed by atoms with Crippen LogP contribution in [0.2, 0.25) is 0 Å². The first-order chi connectivity index (χ1) is 11.0. The van der Waals surface area contributed by atoms with Crippen LogP contribution in [0.5, 0.6) is 0 Å². The normalized spacial score (nSPS) is 18.6. The molecule has 0 spiro atoms. The van der Waals surface area contributed by atoms with Gasteiger partial charge in [0.25, 0.3) is 0 Å². The maximum atomic E-state index is 4.45. The molecule has 0 bridgehead atoms. The van der Waals surface area contributed by atoms with Crippen molar-refractivity contribution >= 4 is 5.82 Å². The lowest BCUT2D eigenvalue weighted by atomic mass is 10.1. The van der Waals surface area contributed by atoms with Gasteiger partial charge in [0.05, 0.1) is 11.7 Å². The SMILES string of the molecule is CC(C)(C)n1cc(CNC[C@H]2CCCN2c2cccnn2)cn1. The van der Waals surface area contributed by atoms with Gasteiger partial charge in [-0.05, 0) is 45.7 Å². The Labute approximate surface area is 137 Å². The number of rotatable bonds is 5. The smallest absolute Gasteiger partial charge is 0.151 e. The summed E-state index contributed by atoms with van der Waals surface area (Å²) < 4.78 is 2.02. The van der Waals surface area contributed by atoms with E-state index in [2.05, 4.69) is 52.5 Å². The Morgan fingerprint density at radius 3 is 2.91 bits per heavy atom. The Balaban J connectivity index is 1.53. The van der Waals surface area contributed by atoms with E-state index in [4.69, 9.17) is 0 Å². The Bertz CT molecular complexity index is 616. The topological polar surface area (TPSA) is 58.9 Å². The lowest BCUT2D eigenvalue weighted by Crippen LogP contribution is -2.38. The zero-order chi connectivity index (χ0) is 16.3. The molecule has 0 amide bonds. The third-order valence-corrected chi connectivity index (χ3v) is 4.26. The maximum Gasteiger partial charge on any atom is 0.151 e. The lowest BCUT2D eigenvalue weighted by molar-refractivity contribution is 0.355. The van der Waals surface area contributed by atoms with E-state index >= 15 is 0 Å². The highest BCUT2D eigenvalue weighted by Gasteiger charge is 2.25. The fourth-order valence-electron chi connectivity index (χ4n) is 3.00. The van der Waals surface area contributed by atoms with Crippen LogP contribution in [0, 0.1) is 0 Å². The van der Waals surface area contributed by atoms with Crippen molar-refractivity contribution in [2.75, 3.05) is 18.0 Å². The van der Waals surface area contributed by atoms with Crippen LogP contribution in [0.25, 0.3) is 0 Å². The second kappa shape index (κ2) is 6.66. The Morgan fingerprint density at radius 1 is 1.35 bits per heavy atom. The van der Waals surface area contributed by atoms with E-state index in [1.165, 1.54) is 18.4 Å². The van der Waals surface area contributed by atoms with Crippen molar-refractivity contribution in [3.63, 3.8) is 0 Å². The second-order valence-electron chi connectivity index (χ2n) is 7.17. The molecule has 23 heavy (non-hydrogen) atoms. The summed E-state index contributed by atoms with van der Waals surface area (Å²) in [6.07, 6.45) is 8.21. The summed E-state index contributed by atoms with van der Waals surface area (Å²) in [7, 11) is 0. The third-order valence-electron chi connectivity index (χ3n) is 4.26. The van der Waals surface area contributed by atoms with Crippen LogP contribution in [0.4, 0.5) is 5.82 Å². The van der Waals surface area contributed by atoms with Gasteiger partial charge in [-0.1, -0.05) is 0 Å². The summed E-state index contributed by atoms with van der Waals surface area (Å²) in [5.41, 5.74) is 1.26. The minimum atomic E-state index is 0.0342. The molecule has 2 aromatic heterocycles. The molecule has 1 fully saturated rings. The third kappa shape index (κ3) is 3.88. The van der Waals surface area contributed by atoms with Crippen molar-refractivity contribution in [3.8, 4) is 0 Å². The Hall–Kier alpha value is -1.95.